The Bertz CT molecular complexity index is 229. The lowest BCUT2D eigenvalue weighted by molar-refractivity contribution is 0.101. The first-order valence-corrected chi connectivity index (χ1v) is 3.51. The Morgan fingerprint density at radius 3 is 2.67 bits per heavy atom. The van der Waals surface area contributed by atoms with Gasteiger partial charge < -0.3 is 0 Å². The van der Waals surface area contributed by atoms with Crippen molar-refractivity contribution in [1.82, 2.24) is 4.98 Å². The molecule has 0 aliphatic rings. The molecule has 0 bridgehead atoms. The molecule has 1 aromatic rings. The lowest BCUT2D eigenvalue weighted by Gasteiger charge is -1.79. The molecule has 0 spiro atoms. The van der Waals surface area contributed by atoms with E-state index in [4.69, 9.17) is 0 Å². The summed E-state index contributed by atoms with van der Waals surface area (Å²) >= 11 is 1.40. The van der Waals surface area contributed by atoms with Gasteiger partial charge in [-0.3, -0.25) is 4.79 Å². The van der Waals surface area contributed by atoms with E-state index in [1.807, 2.05) is 12.3 Å². The minimum absolute atomic E-state index is 0.0492. The van der Waals surface area contributed by atoms with Gasteiger partial charge in [0.05, 0.1) is 0 Å². The van der Waals surface area contributed by atoms with Crippen LogP contribution in [0.4, 0.5) is 0 Å². The second kappa shape index (κ2) is 2.27. The van der Waals surface area contributed by atoms with Crippen molar-refractivity contribution in [2.24, 2.45) is 0 Å². The SMILES string of the molecule is CC(=O)c1nc(C)cs1. The first-order valence-electron chi connectivity index (χ1n) is 2.63. The third-order valence-electron chi connectivity index (χ3n) is 0.920. The zero-order valence-corrected chi connectivity index (χ0v) is 6.16. The van der Waals surface area contributed by atoms with E-state index in [0.29, 0.717) is 5.01 Å². The van der Waals surface area contributed by atoms with Gasteiger partial charge in [0.15, 0.2) is 10.8 Å². The zero-order valence-electron chi connectivity index (χ0n) is 5.34. The van der Waals surface area contributed by atoms with Crippen LogP contribution in [-0.2, 0) is 0 Å². The molecule has 48 valence electrons. The molecule has 2 nitrogen and oxygen atoms in total. The van der Waals surface area contributed by atoms with E-state index < -0.39 is 0 Å². The summed E-state index contributed by atoms with van der Waals surface area (Å²) in [5.41, 5.74) is 0.921. The van der Waals surface area contributed by atoms with Crippen LogP contribution in [0.2, 0.25) is 0 Å². The third kappa shape index (κ3) is 1.36. The van der Waals surface area contributed by atoms with Crippen molar-refractivity contribution in [2.75, 3.05) is 0 Å². The quantitative estimate of drug-likeness (QED) is 0.557. The number of aromatic nitrogens is 1. The molecule has 0 atom stereocenters. The van der Waals surface area contributed by atoms with Crippen molar-refractivity contribution in [2.45, 2.75) is 13.8 Å². The first kappa shape index (κ1) is 6.42. The van der Waals surface area contributed by atoms with E-state index >= 15 is 0 Å². The predicted molar refractivity (Wildman–Crippen MR) is 36.9 cm³/mol. The van der Waals surface area contributed by atoms with E-state index in [9.17, 15) is 4.79 Å². The zero-order chi connectivity index (χ0) is 6.85. The fraction of sp³-hybridized carbons (Fsp3) is 0.333. The number of rotatable bonds is 1. The molecule has 0 unspecified atom stereocenters. The molecule has 0 aliphatic heterocycles. The highest BCUT2D eigenvalue weighted by Gasteiger charge is 2.01. The first-order chi connectivity index (χ1) is 4.20. The number of Topliss-reactive ketones (excluding diaryl/α,β-unsaturated/α-hetero) is 1. The van der Waals surface area contributed by atoms with E-state index in [0.717, 1.165) is 5.69 Å². The van der Waals surface area contributed by atoms with E-state index in [1.165, 1.54) is 18.3 Å². The van der Waals surface area contributed by atoms with Crippen LogP contribution in [0.25, 0.3) is 0 Å². The number of carbonyl (C=O) groups is 1. The second-order valence-electron chi connectivity index (χ2n) is 1.85. The molecule has 0 saturated carbocycles. The summed E-state index contributed by atoms with van der Waals surface area (Å²) in [6, 6.07) is 0. The number of carbonyl (C=O) groups excluding carboxylic acids is 1. The second-order valence-corrected chi connectivity index (χ2v) is 2.71. The van der Waals surface area contributed by atoms with Gasteiger partial charge in [0, 0.05) is 18.0 Å². The van der Waals surface area contributed by atoms with Crippen LogP contribution < -0.4 is 0 Å². The summed E-state index contributed by atoms with van der Waals surface area (Å²) in [5.74, 6) is 0.0492. The Hall–Kier alpha value is -0.700. The van der Waals surface area contributed by atoms with Crippen molar-refractivity contribution >= 4 is 17.1 Å². The summed E-state index contributed by atoms with van der Waals surface area (Å²) in [6.45, 7) is 3.40. The van der Waals surface area contributed by atoms with Crippen molar-refractivity contribution in [3.63, 3.8) is 0 Å². The smallest absolute Gasteiger partial charge is 0.188 e. The Kier molecular flexibility index (Phi) is 1.62. The number of ketones is 1. The minimum atomic E-state index is 0.0492. The molecule has 0 aromatic carbocycles. The molecule has 0 aliphatic carbocycles. The fourth-order valence-corrected chi connectivity index (χ4v) is 1.21. The highest BCUT2D eigenvalue weighted by atomic mass is 32.1. The molecular formula is C6H7NOS. The molecule has 3 heteroatoms. The van der Waals surface area contributed by atoms with Gasteiger partial charge in [-0.1, -0.05) is 0 Å². The van der Waals surface area contributed by atoms with Gasteiger partial charge in [0.2, 0.25) is 0 Å². The molecule has 0 N–H and O–H groups in total. The maximum absolute atomic E-state index is 10.6. The van der Waals surface area contributed by atoms with Crippen LogP contribution in [0.5, 0.6) is 0 Å². The van der Waals surface area contributed by atoms with Gasteiger partial charge in [-0.2, -0.15) is 0 Å². The lowest BCUT2D eigenvalue weighted by Crippen LogP contribution is -1.88. The van der Waals surface area contributed by atoms with Crippen LogP contribution in [0.15, 0.2) is 5.38 Å². The average molecular weight is 141 g/mol. The number of thiazole rings is 1. The molecule has 0 fully saturated rings. The Labute approximate surface area is 57.5 Å². The van der Waals surface area contributed by atoms with Gasteiger partial charge in [-0.05, 0) is 6.92 Å². The van der Waals surface area contributed by atoms with Crippen molar-refractivity contribution in [3.8, 4) is 0 Å². The Morgan fingerprint density at radius 2 is 2.44 bits per heavy atom. The summed E-state index contributed by atoms with van der Waals surface area (Å²) in [4.78, 5) is 14.6. The van der Waals surface area contributed by atoms with Gasteiger partial charge in [0.25, 0.3) is 0 Å². The molecule has 1 rings (SSSR count). The summed E-state index contributed by atoms with van der Waals surface area (Å²) in [6.07, 6.45) is 0. The lowest BCUT2D eigenvalue weighted by atomic mass is 10.5. The normalized spacial score (nSPS) is 9.56. The summed E-state index contributed by atoms with van der Waals surface area (Å²) < 4.78 is 0. The van der Waals surface area contributed by atoms with Crippen LogP contribution >= 0.6 is 11.3 Å². The highest BCUT2D eigenvalue weighted by Crippen LogP contribution is 2.08. The molecule has 0 saturated heterocycles. The predicted octanol–water partition coefficient (Wildman–Crippen LogP) is 1.65. The molecule has 1 heterocycles. The maximum Gasteiger partial charge on any atom is 0.188 e. The maximum atomic E-state index is 10.6. The van der Waals surface area contributed by atoms with Gasteiger partial charge in [-0.25, -0.2) is 4.98 Å². The Morgan fingerprint density at radius 1 is 1.78 bits per heavy atom. The Balaban J connectivity index is 2.98. The highest BCUT2D eigenvalue weighted by molar-refractivity contribution is 7.11. The van der Waals surface area contributed by atoms with E-state index in [2.05, 4.69) is 4.98 Å². The summed E-state index contributed by atoms with van der Waals surface area (Å²) in [7, 11) is 0. The van der Waals surface area contributed by atoms with Gasteiger partial charge in [-0.15, -0.1) is 11.3 Å². The topological polar surface area (TPSA) is 30.0 Å². The van der Waals surface area contributed by atoms with Crippen LogP contribution in [0.3, 0.4) is 0 Å². The standard InChI is InChI=1S/C6H7NOS/c1-4-3-9-6(7-4)5(2)8/h3H,1-2H3. The molecular weight excluding hydrogens is 134 g/mol. The number of aryl methyl sites for hydroxylation is 1. The number of nitrogens with zero attached hydrogens (tertiary/aromatic N) is 1. The van der Waals surface area contributed by atoms with Crippen LogP contribution in [0, 0.1) is 6.92 Å². The fourth-order valence-electron chi connectivity index (χ4n) is 0.516. The van der Waals surface area contributed by atoms with Crippen molar-refractivity contribution in [3.05, 3.63) is 16.1 Å². The van der Waals surface area contributed by atoms with Crippen molar-refractivity contribution < 1.29 is 4.79 Å². The largest absolute Gasteiger partial charge is 0.292 e. The third-order valence-corrected chi connectivity index (χ3v) is 1.98. The van der Waals surface area contributed by atoms with Gasteiger partial charge >= 0.3 is 0 Å². The van der Waals surface area contributed by atoms with Crippen LogP contribution in [0.1, 0.15) is 22.4 Å². The summed E-state index contributed by atoms with van der Waals surface area (Å²) in [5, 5.41) is 2.48. The monoisotopic (exact) mass is 141 g/mol. The van der Waals surface area contributed by atoms with Gasteiger partial charge in [0.1, 0.15) is 0 Å². The van der Waals surface area contributed by atoms with E-state index in [-0.39, 0.29) is 5.78 Å². The number of hydrogen-bond donors (Lipinski definition) is 0. The molecule has 9 heavy (non-hydrogen) atoms. The molecule has 0 radical (unpaired) electrons. The average Bonchev–Trinajstić information content (AvgIpc) is 2.14. The molecule has 0 amide bonds. The van der Waals surface area contributed by atoms with Crippen molar-refractivity contribution in [1.29, 1.82) is 0 Å². The van der Waals surface area contributed by atoms with Crippen LogP contribution in [-0.4, -0.2) is 10.8 Å². The molecule has 1 aromatic heterocycles. The minimum Gasteiger partial charge on any atom is -0.292 e. The number of hydrogen-bond acceptors (Lipinski definition) is 3. The van der Waals surface area contributed by atoms with E-state index in [1.54, 1.807) is 0 Å².